The third-order valence-electron chi connectivity index (χ3n) is 1.48. The molecule has 0 fully saturated rings. The van der Waals surface area contributed by atoms with Gasteiger partial charge in [0.05, 0.1) is 10.5 Å². The van der Waals surface area contributed by atoms with E-state index in [9.17, 15) is 0 Å². The Morgan fingerprint density at radius 1 is 1.42 bits per heavy atom. The third kappa shape index (κ3) is 1.38. The molecule has 2 rings (SSSR count). The van der Waals surface area contributed by atoms with Crippen molar-refractivity contribution in [2.45, 2.75) is 0 Å². The average molecular weight is 289 g/mol. The van der Waals surface area contributed by atoms with Gasteiger partial charge in [0.15, 0.2) is 0 Å². The summed E-state index contributed by atoms with van der Waals surface area (Å²) in [7, 11) is 0. The van der Waals surface area contributed by atoms with E-state index in [1.807, 2.05) is 12.1 Å². The van der Waals surface area contributed by atoms with Gasteiger partial charge >= 0.3 is 0 Å². The molecule has 0 saturated carbocycles. The summed E-state index contributed by atoms with van der Waals surface area (Å²) in [5.74, 6) is 0. The summed E-state index contributed by atoms with van der Waals surface area (Å²) in [5.41, 5.74) is 0.829. The maximum absolute atomic E-state index is 5.91. The molecule has 0 aliphatic carbocycles. The fourth-order valence-electron chi connectivity index (χ4n) is 0.922. The summed E-state index contributed by atoms with van der Waals surface area (Å²) in [6, 6.07) is 3.73. The SMILES string of the molecule is Clc1cc2ncn[c]c2cc1I. The van der Waals surface area contributed by atoms with Gasteiger partial charge in [-0.3, -0.25) is 0 Å². The Labute approximate surface area is 88.1 Å². The molecule has 0 atom stereocenters. The molecule has 1 aromatic heterocycles. The number of benzene rings is 1. The first-order valence-electron chi connectivity index (χ1n) is 3.25. The Morgan fingerprint density at radius 2 is 2.25 bits per heavy atom. The summed E-state index contributed by atoms with van der Waals surface area (Å²) in [4.78, 5) is 7.85. The predicted octanol–water partition coefficient (Wildman–Crippen LogP) is 2.69. The first-order valence-corrected chi connectivity index (χ1v) is 4.70. The van der Waals surface area contributed by atoms with E-state index in [0.29, 0.717) is 0 Å². The Hall–Kier alpha value is -0.420. The van der Waals surface area contributed by atoms with Crippen molar-refractivity contribution in [1.82, 2.24) is 9.97 Å². The lowest BCUT2D eigenvalue weighted by Gasteiger charge is -1.97. The molecule has 1 radical (unpaired) electrons. The van der Waals surface area contributed by atoms with E-state index >= 15 is 0 Å². The number of nitrogens with zero attached hydrogens (tertiary/aromatic N) is 2. The van der Waals surface area contributed by atoms with E-state index in [4.69, 9.17) is 11.6 Å². The predicted molar refractivity (Wildman–Crippen MR) is 56.1 cm³/mol. The fraction of sp³-hybridized carbons (Fsp3) is 0. The van der Waals surface area contributed by atoms with Gasteiger partial charge in [-0.1, -0.05) is 11.6 Å². The van der Waals surface area contributed by atoms with Crippen LogP contribution in [-0.4, -0.2) is 9.97 Å². The van der Waals surface area contributed by atoms with Crippen LogP contribution in [0.2, 0.25) is 5.02 Å². The lowest BCUT2D eigenvalue weighted by molar-refractivity contribution is 1.21. The van der Waals surface area contributed by atoms with Gasteiger partial charge in [0.1, 0.15) is 12.5 Å². The second kappa shape index (κ2) is 3.14. The van der Waals surface area contributed by atoms with Crippen LogP contribution in [0.25, 0.3) is 10.9 Å². The normalized spacial score (nSPS) is 10.5. The van der Waals surface area contributed by atoms with Gasteiger partial charge in [-0.2, -0.15) is 0 Å². The second-order valence-electron chi connectivity index (χ2n) is 2.27. The second-order valence-corrected chi connectivity index (χ2v) is 3.84. The molecule has 2 nitrogen and oxygen atoms in total. The van der Waals surface area contributed by atoms with Crippen LogP contribution < -0.4 is 0 Å². The van der Waals surface area contributed by atoms with E-state index < -0.39 is 0 Å². The minimum absolute atomic E-state index is 0.718. The van der Waals surface area contributed by atoms with Crippen molar-refractivity contribution >= 4 is 45.1 Å². The van der Waals surface area contributed by atoms with Crippen LogP contribution in [-0.2, 0) is 0 Å². The quantitative estimate of drug-likeness (QED) is 0.697. The lowest BCUT2D eigenvalue weighted by Crippen LogP contribution is -1.83. The molecule has 1 heterocycles. The average Bonchev–Trinajstić information content (AvgIpc) is 2.07. The van der Waals surface area contributed by atoms with Crippen LogP contribution in [0.1, 0.15) is 0 Å². The molecule has 2 aromatic rings. The van der Waals surface area contributed by atoms with Crippen LogP contribution >= 0.6 is 34.2 Å². The molecule has 12 heavy (non-hydrogen) atoms. The van der Waals surface area contributed by atoms with Crippen molar-refractivity contribution in [3.05, 3.63) is 33.2 Å². The number of halogens is 2. The highest BCUT2D eigenvalue weighted by molar-refractivity contribution is 14.1. The van der Waals surface area contributed by atoms with E-state index in [2.05, 4.69) is 38.8 Å². The molecule has 0 N–H and O–H groups in total. The molecular formula is C8H3ClIN2. The van der Waals surface area contributed by atoms with Crippen LogP contribution in [0.5, 0.6) is 0 Å². The van der Waals surface area contributed by atoms with Crippen molar-refractivity contribution in [1.29, 1.82) is 0 Å². The van der Waals surface area contributed by atoms with E-state index in [0.717, 1.165) is 19.5 Å². The molecule has 0 unspecified atom stereocenters. The smallest absolute Gasteiger partial charge is 0.116 e. The zero-order valence-corrected chi connectivity index (χ0v) is 8.80. The molecule has 4 heteroatoms. The van der Waals surface area contributed by atoms with Gasteiger partial charge in [0, 0.05) is 8.96 Å². The highest BCUT2D eigenvalue weighted by Crippen LogP contribution is 2.22. The Kier molecular flexibility index (Phi) is 2.14. The summed E-state index contributed by atoms with van der Waals surface area (Å²) in [6.07, 6.45) is 4.31. The summed E-state index contributed by atoms with van der Waals surface area (Å²) in [5, 5.41) is 1.61. The minimum atomic E-state index is 0.718. The van der Waals surface area contributed by atoms with Crippen molar-refractivity contribution in [2.75, 3.05) is 0 Å². The monoisotopic (exact) mass is 289 g/mol. The number of hydrogen-bond acceptors (Lipinski definition) is 2. The molecule has 0 amide bonds. The summed E-state index contributed by atoms with van der Waals surface area (Å²) >= 11 is 8.07. The van der Waals surface area contributed by atoms with Gasteiger partial charge in [-0.15, -0.1) is 0 Å². The van der Waals surface area contributed by atoms with Gasteiger partial charge in [-0.25, -0.2) is 9.97 Å². The van der Waals surface area contributed by atoms with Crippen LogP contribution in [0, 0.1) is 9.77 Å². The number of hydrogen-bond donors (Lipinski definition) is 0. The fourth-order valence-corrected chi connectivity index (χ4v) is 1.55. The van der Waals surface area contributed by atoms with E-state index in [-0.39, 0.29) is 0 Å². The van der Waals surface area contributed by atoms with Crippen LogP contribution in [0.15, 0.2) is 18.5 Å². The van der Waals surface area contributed by atoms with Crippen molar-refractivity contribution in [3.63, 3.8) is 0 Å². The topological polar surface area (TPSA) is 25.8 Å². The molecular weight excluding hydrogens is 286 g/mol. The number of aromatic nitrogens is 2. The molecule has 59 valence electrons. The molecule has 0 aliphatic heterocycles. The zero-order valence-electron chi connectivity index (χ0n) is 5.88. The van der Waals surface area contributed by atoms with Gasteiger partial charge in [-0.05, 0) is 34.7 Å². The minimum Gasteiger partial charge on any atom is -0.236 e. The van der Waals surface area contributed by atoms with Crippen LogP contribution in [0.3, 0.4) is 0 Å². The van der Waals surface area contributed by atoms with Gasteiger partial charge < -0.3 is 0 Å². The molecule has 0 spiro atoms. The largest absolute Gasteiger partial charge is 0.236 e. The van der Waals surface area contributed by atoms with Crippen molar-refractivity contribution in [3.8, 4) is 0 Å². The Balaban J connectivity index is 2.84. The number of fused-ring (bicyclic) bond motifs is 1. The zero-order chi connectivity index (χ0) is 8.55. The van der Waals surface area contributed by atoms with Gasteiger partial charge in [0.2, 0.25) is 0 Å². The molecule has 1 aromatic carbocycles. The maximum Gasteiger partial charge on any atom is 0.116 e. The third-order valence-corrected chi connectivity index (χ3v) is 3.00. The van der Waals surface area contributed by atoms with Crippen molar-refractivity contribution < 1.29 is 0 Å². The lowest BCUT2D eigenvalue weighted by atomic mass is 10.2. The van der Waals surface area contributed by atoms with E-state index in [1.54, 1.807) is 0 Å². The Morgan fingerprint density at radius 3 is 3.08 bits per heavy atom. The highest BCUT2D eigenvalue weighted by atomic mass is 127. The Bertz CT molecular complexity index is 390. The first kappa shape index (κ1) is 8.19. The summed E-state index contributed by atoms with van der Waals surface area (Å²) in [6.45, 7) is 0. The summed E-state index contributed by atoms with van der Waals surface area (Å²) < 4.78 is 0.993. The molecule has 0 bridgehead atoms. The standard InChI is InChI=1S/C8H3ClIN2/c9-6-2-8-5(1-7(6)10)3-11-4-12-8/h1-2,4H. The van der Waals surface area contributed by atoms with Crippen molar-refractivity contribution in [2.24, 2.45) is 0 Å². The molecule has 0 saturated heterocycles. The van der Waals surface area contributed by atoms with E-state index in [1.165, 1.54) is 6.33 Å². The van der Waals surface area contributed by atoms with Gasteiger partial charge in [0.25, 0.3) is 0 Å². The van der Waals surface area contributed by atoms with Crippen LogP contribution in [0.4, 0.5) is 0 Å². The maximum atomic E-state index is 5.91. The number of rotatable bonds is 0. The molecule has 0 aliphatic rings. The highest BCUT2D eigenvalue weighted by Gasteiger charge is 2.00. The first-order chi connectivity index (χ1) is 5.77.